The van der Waals surface area contributed by atoms with E-state index in [2.05, 4.69) is 20.6 Å². The van der Waals surface area contributed by atoms with E-state index in [0.717, 1.165) is 11.1 Å². The molecule has 7 nitrogen and oxygen atoms in total. The number of carbonyl (C=O) groups excluding carboxylic acids is 2. The van der Waals surface area contributed by atoms with Gasteiger partial charge in [0.1, 0.15) is 5.82 Å². The maximum absolute atomic E-state index is 12.8. The molecule has 0 aliphatic rings. The molecule has 1 heterocycles. The second-order valence-electron chi connectivity index (χ2n) is 7.78. The van der Waals surface area contributed by atoms with Gasteiger partial charge < -0.3 is 16.4 Å². The number of hydrogen-bond donors (Lipinski definition) is 3. The summed E-state index contributed by atoms with van der Waals surface area (Å²) in [7, 11) is 0. The van der Waals surface area contributed by atoms with Crippen LogP contribution in [0.3, 0.4) is 0 Å². The van der Waals surface area contributed by atoms with Crippen molar-refractivity contribution < 1.29 is 9.59 Å². The monoisotopic (exact) mass is 471 g/mol. The van der Waals surface area contributed by atoms with Crippen molar-refractivity contribution in [1.29, 1.82) is 0 Å². The average Bonchev–Trinajstić information content (AvgIpc) is 2.81. The van der Waals surface area contributed by atoms with Crippen molar-refractivity contribution in [3.63, 3.8) is 0 Å². The highest BCUT2D eigenvalue weighted by Gasteiger charge is 2.14. The van der Waals surface area contributed by atoms with Crippen LogP contribution in [0.15, 0.2) is 79.1 Å². The number of benzene rings is 3. The molecule has 2 amide bonds. The van der Waals surface area contributed by atoms with Gasteiger partial charge in [-0.05, 0) is 55.0 Å². The minimum atomic E-state index is -0.441. The maximum Gasteiger partial charge on any atom is 0.257 e. The predicted molar refractivity (Wildman–Crippen MR) is 134 cm³/mol. The molecule has 3 aromatic carbocycles. The lowest BCUT2D eigenvalue weighted by Gasteiger charge is -2.10. The molecule has 0 saturated carbocycles. The summed E-state index contributed by atoms with van der Waals surface area (Å²) >= 11 is 6.24. The van der Waals surface area contributed by atoms with Crippen LogP contribution >= 0.6 is 11.6 Å². The zero-order valence-electron chi connectivity index (χ0n) is 18.4. The molecule has 4 N–H and O–H groups in total. The highest BCUT2D eigenvalue weighted by atomic mass is 35.5. The molecular weight excluding hydrogens is 450 g/mol. The van der Waals surface area contributed by atoms with Gasteiger partial charge in [0.05, 0.1) is 28.7 Å². The van der Waals surface area contributed by atoms with Gasteiger partial charge in [0.2, 0.25) is 0 Å². The quantitative estimate of drug-likeness (QED) is 0.338. The van der Waals surface area contributed by atoms with Gasteiger partial charge in [-0.2, -0.15) is 0 Å². The van der Waals surface area contributed by atoms with E-state index in [0.29, 0.717) is 34.9 Å². The number of rotatable bonds is 6. The SMILES string of the molecule is Cc1cccc(C(=O)Nc2ccc(Cl)c(C(=O)Nc3cnc(Cc4cccc(N)c4)nc3)c2)c1. The van der Waals surface area contributed by atoms with Gasteiger partial charge in [-0.25, -0.2) is 9.97 Å². The molecule has 0 aliphatic carbocycles. The third-order valence-corrected chi connectivity index (χ3v) is 5.36. The molecule has 4 rings (SSSR count). The van der Waals surface area contributed by atoms with E-state index in [1.807, 2.05) is 43.3 Å². The summed E-state index contributed by atoms with van der Waals surface area (Å²) in [5.41, 5.74) is 10.1. The number of amides is 2. The third kappa shape index (κ3) is 5.76. The largest absolute Gasteiger partial charge is 0.399 e. The first-order chi connectivity index (χ1) is 16.4. The van der Waals surface area contributed by atoms with Crippen LogP contribution in [0.5, 0.6) is 0 Å². The molecule has 4 aromatic rings. The van der Waals surface area contributed by atoms with Crippen molar-refractivity contribution in [3.8, 4) is 0 Å². The lowest BCUT2D eigenvalue weighted by molar-refractivity contribution is 0.101. The van der Waals surface area contributed by atoms with Crippen LogP contribution in [0.25, 0.3) is 0 Å². The summed E-state index contributed by atoms with van der Waals surface area (Å²) in [6.07, 6.45) is 3.58. The van der Waals surface area contributed by atoms with Crippen LogP contribution in [0.2, 0.25) is 5.02 Å². The summed E-state index contributed by atoms with van der Waals surface area (Å²) in [5.74, 6) is -0.118. The van der Waals surface area contributed by atoms with Gasteiger partial charge in [0, 0.05) is 23.4 Å². The van der Waals surface area contributed by atoms with E-state index < -0.39 is 5.91 Å². The Hall–Kier alpha value is -4.23. The molecule has 8 heteroatoms. The Morgan fingerprint density at radius 3 is 2.35 bits per heavy atom. The smallest absolute Gasteiger partial charge is 0.257 e. The molecule has 1 aromatic heterocycles. The Morgan fingerprint density at radius 2 is 1.62 bits per heavy atom. The molecule has 0 unspecified atom stereocenters. The second-order valence-corrected chi connectivity index (χ2v) is 8.19. The Labute approximate surface area is 202 Å². The van der Waals surface area contributed by atoms with Gasteiger partial charge in [-0.1, -0.05) is 41.4 Å². The Kier molecular flexibility index (Phi) is 6.85. The van der Waals surface area contributed by atoms with Gasteiger partial charge >= 0.3 is 0 Å². The fourth-order valence-electron chi connectivity index (χ4n) is 3.36. The molecule has 0 aliphatic heterocycles. The van der Waals surface area contributed by atoms with Crippen molar-refractivity contribution >= 4 is 40.5 Å². The highest BCUT2D eigenvalue weighted by Crippen LogP contribution is 2.22. The summed E-state index contributed by atoms with van der Waals surface area (Å²) < 4.78 is 0. The molecule has 0 bridgehead atoms. The van der Waals surface area contributed by atoms with Crippen LogP contribution in [-0.4, -0.2) is 21.8 Å². The van der Waals surface area contributed by atoms with Crippen molar-refractivity contribution in [3.05, 3.63) is 112 Å². The lowest BCUT2D eigenvalue weighted by atomic mass is 10.1. The van der Waals surface area contributed by atoms with Crippen LogP contribution < -0.4 is 16.4 Å². The number of nitrogens with one attached hydrogen (secondary N) is 2. The highest BCUT2D eigenvalue weighted by molar-refractivity contribution is 6.34. The van der Waals surface area contributed by atoms with Crippen molar-refractivity contribution in [2.24, 2.45) is 0 Å². The van der Waals surface area contributed by atoms with Gasteiger partial charge in [0.25, 0.3) is 11.8 Å². The summed E-state index contributed by atoms with van der Waals surface area (Å²) in [5, 5.41) is 5.79. The fraction of sp³-hybridized carbons (Fsp3) is 0.0769. The first-order valence-electron chi connectivity index (χ1n) is 10.5. The molecule has 0 radical (unpaired) electrons. The minimum Gasteiger partial charge on any atom is -0.399 e. The maximum atomic E-state index is 12.8. The Morgan fingerprint density at radius 1 is 0.882 bits per heavy atom. The molecule has 34 heavy (non-hydrogen) atoms. The predicted octanol–water partition coefficient (Wildman–Crippen LogP) is 5.12. The normalized spacial score (nSPS) is 10.5. The molecule has 0 spiro atoms. The van der Waals surface area contributed by atoms with Crippen molar-refractivity contribution in [2.45, 2.75) is 13.3 Å². The number of hydrogen-bond acceptors (Lipinski definition) is 5. The summed E-state index contributed by atoms with van der Waals surface area (Å²) in [6.45, 7) is 1.91. The van der Waals surface area contributed by atoms with E-state index in [1.54, 1.807) is 24.3 Å². The number of anilines is 3. The van der Waals surface area contributed by atoms with Gasteiger partial charge in [-0.3, -0.25) is 9.59 Å². The molecule has 0 fully saturated rings. The van der Waals surface area contributed by atoms with E-state index in [1.165, 1.54) is 18.5 Å². The number of nitrogen functional groups attached to an aromatic ring is 1. The average molecular weight is 472 g/mol. The summed E-state index contributed by atoms with van der Waals surface area (Å²) in [4.78, 5) is 34.0. The third-order valence-electron chi connectivity index (χ3n) is 5.03. The number of nitrogens with zero attached hydrogens (tertiary/aromatic N) is 2. The number of carbonyl (C=O) groups is 2. The zero-order chi connectivity index (χ0) is 24.1. The van der Waals surface area contributed by atoms with Crippen LogP contribution in [-0.2, 0) is 6.42 Å². The van der Waals surface area contributed by atoms with Crippen molar-refractivity contribution in [2.75, 3.05) is 16.4 Å². The standard InChI is InChI=1S/C26H22ClN5O2/c1-16-4-2-6-18(10-16)25(33)31-20-8-9-23(27)22(13-20)26(34)32-21-14-29-24(30-15-21)12-17-5-3-7-19(28)11-17/h2-11,13-15H,12,28H2,1H3,(H,31,33)(H,32,34). The lowest BCUT2D eigenvalue weighted by Crippen LogP contribution is -2.15. The molecule has 0 atom stereocenters. The van der Waals surface area contributed by atoms with Gasteiger partial charge in [-0.15, -0.1) is 0 Å². The Bertz CT molecular complexity index is 1360. The van der Waals surface area contributed by atoms with E-state index in [4.69, 9.17) is 17.3 Å². The first-order valence-corrected chi connectivity index (χ1v) is 10.9. The van der Waals surface area contributed by atoms with Crippen LogP contribution in [0.1, 0.15) is 37.7 Å². The van der Waals surface area contributed by atoms with Crippen LogP contribution in [0, 0.1) is 6.92 Å². The van der Waals surface area contributed by atoms with Crippen molar-refractivity contribution in [1.82, 2.24) is 9.97 Å². The van der Waals surface area contributed by atoms with E-state index in [-0.39, 0.29) is 16.5 Å². The van der Waals surface area contributed by atoms with Gasteiger partial charge in [0.15, 0.2) is 0 Å². The molecular formula is C26H22ClN5O2. The number of aromatic nitrogens is 2. The topological polar surface area (TPSA) is 110 Å². The van der Waals surface area contributed by atoms with E-state index in [9.17, 15) is 9.59 Å². The zero-order valence-corrected chi connectivity index (χ0v) is 19.1. The number of nitrogens with two attached hydrogens (primary N) is 1. The molecule has 0 saturated heterocycles. The number of halogens is 1. The van der Waals surface area contributed by atoms with E-state index >= 15 is 0 Å². The number of aryl methyl sites for hydroxylation is 1. The summed E-state index contributed by atoms with van der Waals surface area (Å²) in [6, 6.07) is 19.5. The first kappa shape index (κ1) is 22.9. The second kappa shape index (κ2) is 10.1. The fourth-order valence-corrected chi connectivity index (χ4v) is 3.56. The Balaban J connectivity index is 1.44. The minimum absolute atomic E-state index is 0.215. The van der Waals surface area contributed by atoms with Crippen LogP contribution in [0.4, 0.5) is 17.1 Å². The molecule has 170 valence electrons.